The molecule has 2 aromatic carbocycles. The highest BCUT2D eigenvalue weighted by Crippen LogP contribution is 2.31. The van der Waals surface area contributed by atoms with Crippen molar-refractivity contribution in [3.63, 3.8) is 0 Å². The first-order valence-electron chi connectivity index (χ1n) is 12.2. The summed E-state index contributed by atoms with van der Waals surface area (Å²) in [4.78, 5) is 17.4. The molecule has 1 fully saturated rings. The maximum Gasteiger partial charge on any atom is 0.254 e. The highest BCUT2D eigenvalue weighted by molar-refractivity contribution is 7.08. The maximum atomic E-state index is 14.5. The number of thiophene rings is 1. The number of carbonyl (C=O) groups excluding carboxylic acids is 1. The molecular weight excluding hydrogens is 463 g/mol. The Balaban J connectivity index is 1.45. The van der Waals surface area contributed by atoms with Crippen molar-refractivity contribution < 1.29 is 19.0 Å². The van der Waals surface area contributed by atoms with Crippen LogP contribution in [0.5, 0.6) is 11.5 Å². The lowest BCUT2D eigenvalue weighted by Crippen LogP contribution is -2.47. The molecule has 1 aliphatic heterocycles. The molecule has 1 unspecified atom stereocenters. The number of amides is 1. The number of benzene rings is 2. The SMILES string of the molecule is CCOc1cc(CN2CCC(C(Cc3ccccc3F)N(C)C(=O)c3ccsc3)CC2)ccc1O. The molecule has 0 aliphatic carbocycles. The van der Waals surface area contributed by atoms with E-state index in [1.165, 1.54) is 17.4 Å². The molecule has 1 aliphatic rings. The second-order valence-electron chi connectivity index (χ2n) is 9.14. The van der Waals surface area contributed by atoms with Gasteiger partial charge in [-0.05, 0) is 86.0 Å². The Kier molecular flexibility index (Phi) is 8.42. The Morgan fingerprint density at radius 1 is 1.23 bits per heavy atom. The van der Waals surface area contributed by atoms with E-state index < -0.39 is 0 Å². The molecule has 1 atom stereocenters. The smallest absolute Gasteiger partial charge is 0.254 e. The summed E-state index contributed by atoms with van der Waals surface area (Å²) in [6.45, 7) is 4.96. The second-order valence-corrected chi connectivity index (χ2v) is 9.92. The Morgan fingerprint density at radius 3 is 2.69 bits per heavy atom. The fourth-order valence-electron chi connectivity index (χ4n) is 4.93. The Labute approximate surface area is 210 Å². The number of phenols is 1. The third kappa shape index (κ3) is 6.21. The van der Waals surface area contributed by atoms with Crippen LogP contribution in [0.1, 0.15) is 41.3 Å². The number of rotatable bonds is 9. The number of phenolic OH excluding ortho intramolecular Hbond substituents is 1. The number of hydrogen-bond donors (Lipinski definition) is 1. The molecule has 0 spiro atoms. The van der Waals surface area contributed by atoms with Gasteiger partial charge in [-0.25, -0.2) is 4.39 Å². The van der Waals surface area contributed by atoms with Crippen molar-refractivity contribution in [3.05, 3.63) is 81.8 Å². The summed E-state index contributed by atoms with van der Waals surface area (Å²) in [6, 6.07) is 14.1. The van der Waals surface area contributed by atoms with Gasteiger partial charge >= 0.3 is 0 Å². The molecule has 1 saturated heterocycles. The van der Waals surface area contributed by atoms with Gasteiger partial charge < -0.3 is 14.7 Å². The summed E-state index contributed by atoms with van der Waals surface area (Å²) in [6.07, 6.45) is 2.35. The van der Waals surface area contributed by atoms with Gasteiger partial charge in [-0.2, -0.15) is 11.3 Å². The molecule has 0 bridgehead atoms. The fourth-order valence-corrected chi connectivity index (χ4v) is 5.56. The number of likely N-dealkylation sites (N-methyl/N-ethyl adjacent to an activating group) is 1. The van der Waals surface area contributed by atoms with Crippen LogP contribution in [-0.4, -0.2) is 53.6 Å². The van der Waals surface area contributed by atoms with Gasteiger partial charge in [0.2, 0.25) is 0 Å². The van der Waals surface area contributed by atoms with Crippen LogP contribution in [0, 0.1) is 11.7 Å². The van der Waals surface area contributed by atoms with Crippen LogP contribution in [0.15, 0.2) is 59.3 Å². The zero-order chi connectivity index (χ0) is 24.8. The summed E-state index contributed by atoms with van der Waals surface area (Å²) >= 11 is 1.51. The summed E-state index contributed by atoms with van der Waals surface area (Å²) < 4.78 is 20.1. The van der Waals surface area contributed by atoms with Crippen LogP contribution in [-0.2, 0) is 13.0 Å². The number of carbonyl (C=O) groups is 1. The zero-order valence-electron chi connectivity index (χ0n) is 20.3. The van der Waals surface area contributed by atoms with Gasteiger partial charge in [-0.1, -0.05) is 24.3 Å². The highest BCUT2D eigenvalue weighted by Gasteiger charge is 2.32. The van der Waals surface area contributed by atoms with E-state index in [0.29, 0.717) is 29.9 Å². The van der Waals surface area contributed by atoms with E-state index in [1.807, 2.05) is 60.0 Å². The summed E-state index contributed by atoms with van der Waals surface area (Å²) in [5, 5.41) is 13.8. The number of aromatic hydroxyl groups is 1. The minimum atomic E-state index is -0.219. The van der Waals surface area contributed by atoms with E-state index in [0.717, 1.165) is 38.0 Å². The summed E-state index contributed by atoms with van der Waals surface area (Å²) in [7, 11) is 1.85. The zero-order valence-corrected chi connectivity index (χ0v) is 21.1. The summed E-state index contributed by atoms with van der Waals surface area (Å²) in [5.41, 5.74) is 2.43. The van der Waals surface area contributed by atoms with Crippen LogP contribution >= 0.6 is 11.3 Å². The van der Waals surface area contributed by atoms with E-state index >= 15 is 0 Å². The number of nitrogens with zero attached hydrogens (tertiary/aromatic N) is 2. The molecule has 0 saturated carbocycles. The predicted molar refractivity (Wildman–Crippen MR) is 138 cm³/mol. The molecular formula is C28H33FN2O3S. The van der Waals surface area contributed by atoms with Gasteiger partial charge in [-0.3, -0.25) is 9.69 Å². The Morgan fingerprint density at radius 2 is 2.00 bits per heavy atom. The first-order valence-corrected chi connectivity index (χ1v) is 13.1. The highest BCUT2D eigenvalue weighted by atomic mass is 32.1. The van der Waals surface area contributed by atoms with E-state index in [9.17, 15) is 14.3 Å². The van der Waals surface area contributed by atoms with E-state index in [4.69, 9.17) is 4.74 Å². The van der Waals surface area contributed by atoms with Crippen molar-refractivity contribution in [3.8, 4) is 11.5 Å². The topological polar surface area (TPSA) is 53.0 Å². The standard InChI is InChI=1S/C28H33FN2O3S/c1-3-34-27-16-20(8-9-26(27)32)18-31-13-10-21(11-14-31)25(17-22-6-4-5-7-24(22)29)30(2)28(33)23-12-15-35-19-23/h4-9,12,15-16,19,21,25,32H,3,10-11,13-14,17-18H2,1-2H3. The maximum absolute atomic E-state index is 14.5. The third-order valence-corrected chi connectivity index (χ3v) is 7.56. The van der Waals surface area contributed by atoms with Gasteiger partial charge in [0, 0.05) is 25.0 Å². The third-order valence-electron chi connectivity index (χ3n) is 6.88. The van der Waals surface area contributed by atoms with Crippen molar-refractivity contribution in [2.75, 3.05) is 26.7 Å². The van der Waals surface area contributed by atoms with Gasteiger partial charge in [0.1, 0.15) is 5.82 Å². The second kappa shape index (κ2) is 11.7. The average molecular weight is 497 g/mol. The number of halogens is 1. The molecule has 7 heteroatoms. The number of hydrogen-bond acceptors (Lipinski definition) is 5. The quantitative estimate of drug-likeness (QED) is 0.420. The van der Waals surface area contributed by atoms with Crippen molar-refractivity contribution in [1.82, 2.24) is 9.80 Å². The molecule has 0 radical (unpaired) electrons. The van der Waals surface area contributed by atoms with Crippen molar-refractivity contribution in [2.45, 2.75) is 38.8 Å². The lowest BCUT2D eigenvalue weighted by atomic mass is 9.84. The molecule has 35 heavy (non-hydrogen) atoms. The van der Waals surface area contributed by atoms with E-state index in [1.54, 1.807) is 12.1 Å². The van der Waals surface area contributed by atoms with Crippen molar-refractivity contribution in [2.24, 2.45) is 5.92 Å². The predicted octanol–water partition coefficient (Wildman–Crippen LogP) is 5.59. The molecule has 5 nitrogen and oxygen atoms in total. The van der Waals surface area contributed by atoms with Gasteiger partial charge in [0.25, 0.3) is 5.91 Å². The van der Waals surface area contributed by atoms with Crippen molar-refractivity contribution in [1.29, 1.82) is 0 Å². The van der Waals surface area contributed by atoms with E-state index in [-0.39, 0.29) is 29.4 Å². The fraction of sp³-hybridized carbons (Fsp3) is 0.393. The van der Waals surface area contributed by atoms with Gasteiger partial charge in [-0.15, -0.1) is 0 Å². The lowest BCUT2D eigenvalue weighted by molar-refractivity contribution is 0.0584. The average Bonchev–Trinajstić information content (AvgIpc) is 3.41. The first-order chi connectivity index (χ1) is 17.0. The molecule has 3 aromatic rings. The van der Waals surface area contributed by atoms with Crippen LogP contribution in [0.3, 0.4) is 0 Å². The first kappa shape index (κ1) is 25.2. The molecule has 2 heterocycles. The van der Waals surface area contributed by atoms with Crippen LogP contribution in [0.4, 0.5) is 4.39 Å². The van der Waals surface area contributed by atoms with Crippen LogP contribution in [0.25, 0.3) is 0 Å². The minimum Gasteiger partial charge on any atom is -0.504 e. The van der Waals surface area contributed by atoms with Crippen LogP contribution in [0.2, 0.25) is 0 Å². The van der Waals surface area contributed by atoms with Crippen molar-refractivity contribution >= 4 is 17.2 Å². The molecule has 1 aromatic heterocycles. The van der Waals surface area contributed by atoms with E-state index in [2.05, 4.69) is 4.90 Å². The normalized spacial score (nSPS) is 15.6. The molecule has 186 valence electrons. The largest absolute Gasteiger partial charge is 0.504 e. The minimum absolute atomic E-state index is 0.0115. The molecule has 1 amide bonds. The number of likely N-dealkylation sites (tertiary alicyclic amines) is 1. The van der Waals surface area contributed by atoms with Crippen LogP contribution < -0.4 is 4.74 Å². The monoisotopic (exact) mass is 496 g/mol. The molecule has 1 N–H and O–H groups in total. The molecule has 4 rings (SSSR count). The van der Waals surface area contributed by atoms with Gasteiger partial charge in [0.15, 0.2) is 11.5 Å². The Bertz CT molecular complexity index is 1110. The Hall–Kier alpha value is -2.90. The lowest BCUT2D eigenvalue weighted by Gasteiger charge is -2.40. The summed E-state index contributed by atoms with van der Waals surface area (Å²) in [5.74, 6) is 0.714. The number of ether oxygens (including phenoxy) is 1. The number of piperidine rings is 1. The van der Waals surface area contributed by atoms with Gasteiger partial charge in [0.05, 0.1) is 12.2 Å².